The Hall–Kier alpha value is -2.61. The number of carbonyl (C=O) groups is 3. The van der Waals surface area contributed by atoms with Gasteiger partial charge < -0.3 is 10.4 Å². The molecule has 5 rings (SSSR count). The molecule has 3 aromatic rings. The summed E-state index contributed by atoms with van der Waals surface area (Å²) in [6, 6.07) is 14.3. The largest absolute Gasteiger partial charge is 0.384 e. The zero-order valence-electron chi connectivity index (χ0n) is 16.7. The number of nitrogens with one attached hydrogen (secondary N) is 1. The van der Waals surface area contributed by atoms with Gasteiger partial charge in [-0.05, 0) is 54.3 Å². The molecule has 5 nitrogen and oxygen atoms in total. The Morgan fingerprint density at radius 1 is 1.00 bits per heavy atom. The Labute approximate surface area is 187 Å². The first kappa shape index (κ1) is 20.3. The van der Waals surface area contributed by atoms with E-state index in [0.29, 0.717) is 22.5 Å². The van der Waals surface area contributed by atoms with Gasteiger partial charge in [-0.3, -0.25) is 14.4 Å². The minimum atomic E-state index is -1.36. The number of Topliss-reactive ketones (excluding diaryl/α,β-unsaturated/α-hetero) is 2. The predicted octanol–water partition coefficient (Wildman–Crippen LogP) is 4.89. The molecule has 1 spiro atoms. The molecule has 1 saturated carbocycles. The van der Waals surface area contributed by atoms with E-state index >= 15 is 0 Å². The van der Waals surface area contributed by atoms with Crippen LogP contribution in [0.4, 0.5) is 5.69 Å². The van der Waals surface area contributed by atoms with E-state index in [-0.39, 0.29) is 36.7 Å². The summed E-state index contributed by atoms with van der Waals surface area (Å²) in [4.78, 5) is 41.3. The van der Waals surface area contributed by atoms with Crippen LogP contribution in [0.1, 0.15) is 50.6 Å². The fourth-order valence-electron chi connectivity index (χ4n) is 5.01. The molecule has 3 heterocycles. The van der Waals surface area contributed by atoms with Crippen LogP contribution in [0.5, 0.6) is 0 Å². The Kier molecular flexibility index (Phi) is 4.92. The second kappa shape index (κ2) is 7.51. The number of ketones is 2. The van der Waals surface area contributed by atoms with E-state index in [1.54, 1.807) is 36.4 Å². The molecule has 0 saturated heterocycles. The van der Waals surface area contributed by atoms with Gasteiger partial charge in [0.1, 0.15) is 5.60 Å². The van der Waals surface area contributed by atoms with Gasteiger partial charge in [-0.15, -0.1) is 22.7 Å². The first-order valence-electron chi connectivity index (χ1n) is 10.2. The van der Waals surface area contributed by atoms with Crippen LogP contribution < -0.4 is 5.32 Å². The summed E-state index contributed by atoms with van der Waals surface area (Å²) in [6.45, 7) is 0. The highest BCUT2D eigenvalue weighted by atomic mass is 32.1. The molecule has 2 aromatic heterocycles. The number of amides is 1. The van der Waals surface area contributed by atoms with Crippen molar-refractivity contribution in [2.45, 2.75) is 31.3 Å². The second-order valence-electron chi connectivity index (χ2n) is 8.38. The number of aliphatic hydroxyl groups is 1. The van der Waals surface area contributed by atoms with E-state index < -0.39 is 16.9 Å². The SMILES string of the molecule is O=C1C[C@@]2(CC[C@](O)(c3cccs3)[C@@H](C(=O)c3cccs3)C2)C(=O)c2ccccc2N1. The molecular weight excluding hydrogens is 430 g/mol. The smallest absolute Gasteiger partial charge is 0.225 e. The Bertz CT molecular complexity index is 1150. The van der Waals surface area contributed by atoms with Crippen molar-refractivity contribution in [1.82, 2.24) is 0 Å². The van der Waals surface area contributed by atoms with Crippen molar-refractivity contribution in [1.29, 1.82) is 0 Å². The summed E-state index contributed by atoms with van der Waals surface area (Å²) in [5, 5.41) is 18.3. The van der Waals surface area contributed by atoms with Crippen LogP contribution >= 0.6 is 22.7 Å². The van der Waals surface area contributed by atoms with Gasteiger partial charge in [-0.2, -0.15) is 0 Å². The molecule has 2 aliphatic rings. The van der Waals surface area contributed by atoms with Gasteiger partial charge in [0.2, 0.25) is 5.91 Å². The summed E-state index contributed by atoms with van der Waals surface area (Å²) in [5.41, 5.74) is -1.40. The van der Waals surface area contributed by atoms with Gasteiger partial charge in [0.15, 0.2) is 11.6 Å². The summed E-state index contributed by atoms with van der Waals surface area (Å²) in [5.74, 6) is -1.34. The number of thiophene rings is 2. The molecule has 0 bridgehead atoms. The minimum Gasteiger partial charge on any atom is -0.384 e. The van der Waals surface area contributed by atoms with Gasteiger partial charge in [-0.25, -0.2) is 0 Å². The zero-order chi connectivity index (χ0) is 21.6. The van der Waals surface area contributed by atoms with Crippen LogP contribution in [0, 0.1) is 11.3 Å². The number of anilines is 1. The van der Waals surface area contributed by atoms with Crippen molar-refractivity contribution in [2.75, 3.05) is 5.32 Å². The van der Waals surface area contributed by atoms with Crippen molar-refractivity contribution < 1.29 is 19.5 Å². The van der Waals surface area contributed by atoms with Crippen LogP contribution in [-0.2, 0) is 10.4 Å². The van der Waals surface area contributed by atoms with E-state index in [0.717, 1.165) is 4.88 Å². The van der Waals surface area contributed by atoms with Gasteiger partial charge in [-0.1, -0.05) is 24.3 Å². The number of hydrogen-bond donors (Lipinski definition) is 2. The van der Waals surface area contributed by atoms with Gasteiger partial charge in [0, 0.05) is 22.3 Å². The third-order valence-electron chi connectivity index (χ3n) is 6.61. The molecule has 1 aromatic carbocycles. The first-order chi connectivity index (χ1) is 14.9. The summed E-state index contributed by atoms with van der Waals surface area (Å²) in [6.07, 6.45) is 0.737. The highest BCUT2D eigenvalue weighted by molar-refractivity contribution is 7.12. The molecule has 7 heteroatoms. The second-order valence-corrected chi connectivity index (χ2v) is 10.3. The van der Waals surface area contributed by atoms with Crippen LogP contribution in [0.15, 0.2) is 59.3 Å². The van der Waals surface area contributed by atoms with Crippen molar-refractivity contribution in [3.05, 3.63) is 74.6 Å². The summed E-state index contributed by atoms with van der Waals surface area (Å²) in [7, 11) is 0. The maximum Gasteiger partial charge on any atom is 0.225 e. The molecule has 158 valence electrons. The van der Waals surface area contributed by atoms with Crippen molar-refractivity contribution >= 4 is 45.8 Å². The molecule has 1 amide bonds. The number of benzene rings is 1. The maximum atomic E-state index is 13.7. The quantitative estimate of drug-likeness (QED) is 0.555. The lowest BCUT2D eigenvalue weighted by molar-refractivity contribution is -0.120. The third-order valence-corrected chi connectivity index (χ3v) is 8.53. The third kappa shape index (κ3) is 3.28. The first-order valence-corrected chi connectivity index (χ1v) is 12.0. The minimum absolute atomic E-state index is 0.00918. The van der Waals surface area contributed by atoms with Gasteiger partial charge >= 0.3 is 0 Å². The number of rotatable bonds is 3. The van der Waals surface area contributed by atoms with Gasteiger partial charge in [0.05, 0.1) is 16.5 Å². The summed E-state index contributed by atoms with van der Waals surface area (Å²) >= 11 is 2.74. The van der Waals surface area contributed by atoms with Crippen LogP contribution in [-0.4, -0.2) is 22.6 Å². The van der Waals surface area contributed by atoms with Gasteiger partial charge in [0.25, 0.3) is 0 Å². The lowest BCUT2D eigenvalue weighted by Gasteiger charge is -2.46. The standard InChI is InChI=1S/C24H21NO4S2/c26-20-14-23(22(28)15-5-1-2-6-17(15)25-20)9-10-24(29,19-8-4-12-31-19)16(13-23)21(27)18-7-3-11-30-18/h1-8,11-12,16,29H,9-10,13-14H2,(H,25,26)/t16-,23+,24-/m1/s1. The molecule has 3 atom stereocenters. The van der Waals surface area contributed by atoms with E-state index in [1.807, 2.05) is 22.9 Å². The topological polar surface area (TPSA) is 83.5 Å². The van der Waals surface area contributed by atoms with E-state index in [2.05, 4.69) is 5.32 Å². The Morgan fingerprint density at radius 3 is 2.52 bits per heavy atom. The number of fused-ring (bicyclic) bond motifs is 1. The maximum absolute atomic E-state index is 13.7. The van der Waals surface area contributed by atoms with E-state index in [1.165, 1.54) is 22.7 Å². The predicted molar refractivity (Wildman–Crippen MR) is 121 cm³/mol. The molecular formula is C24H21NO4S2. The molecule has 1 fully saturated rings. The molecule has 0 radical (unpaired) electrons. The van der Waals surface area contributed by atoms with Crippen LogP contribution in [0.2, 0.25) is 0 Å². The average molecular weight is 452 g/mol. The normalized spacial score (nSPS) is 28.1. The number of para-hydroxylation sites is 1. The zero-order valence-corrected chi connectivity index (χ0v) is 18.3. The van der Waals surface area contributed by atoms with Crippen molar-refractivity contribution in [3.63, 3.8) is 0 Å². The fourth-order valence-corrected chi connectivity index (χ4v) is 6.64. The van der Waals surface area contributed by atoms with Crippen molar-refractivity contribution in [3.8, 4) is 0 Å². The Balaban J connectivity index is 1.61. The van der Waals surface area contributed by atoms with Crippen LogP contribution in [0.25, 0.3) is 0 Å². The fraction of sp³-hybridized carbons (Fsp3) is 0.292. The summed E-state index contributed by atoms with van der Waals surface area (Å²) < 4.78 is 0. The molecule has 2 N–H and O–H groups in total. The Morgan fingerprint density at radius 2 is 1.77 bits per heavy atom. The average Bonchev–Trinajstić information content (AvgIpc) is 3.48. The monoisotopic (exact) mass is 451 g/mol. The highest BCUT2D eigenvalue weighted by Crippen LogP contribution is 2.55. The number of carbonyl (C=O) groups excluding carboxylic acids is 3. The van der Waals surface area contributed by atoms with Crippen LogP contribution in [0.3, 0.4) is 0 Å². The highest BCUT2D eigenvalue weighted by Gasteiger charge is 2.57. The van der Waals surface area contributed by atoms with E-state index in [4.69, 9.17) is 0 Å². The molecule has 1 aliphatic heterocycles. The lowest BCUT2D eigenvalue weighted by Crippen LogP contribution is -2.50. The molecule has 1 aliphatic carbocycles. The molecule has 0 unspecified atom stereocenters. The van der Waals surface area contributed by atoms with Crippen molar-refractivity contribution in [2.24, 2.45) is 11.3 Å². The number of hydrogen-bond acceptors (Lipinski definition) is 6. The lowest BCUT2D eigenvalue weighted by atomic mass is 9.58. The molecule has 31 heavy (non-hydrogen) atoms. The van der Waals surface area contributed by atoms with E-state index in [9.17, 15) is 19.5 Å².